The van der Waals surface area contributed by atoms with Crippen molar-refractivity contribution in [1.82, 2.24) is 4.98 Å². The number of nitrogens with zero attached hydrogens (tertiary/aromatic N) is 1. The molecular formula is C8H5ClF3NO. The van der Waals surface area contributed by atoms with Crippen LogP contribution in [0.4, 0.5) is 13.2 Å². The van der Waals surface area contributed by atoms with E-state index in [1.165, 1.54) is 6.07 Å². The minimum atomic E-state index is -4.32. The van der Waals surface area contributed by atoms with Gasteiger partial charge in [-0.15, -0.1) is 0 Å². The van der Waals surface area contributed by atoms with Crippen molar-refractivity contribution in [3.8, 4) is 0 Å². The van der Waals surface area contributed by atoms with E-state index < -0.39 is 12.6 Å². The Bertz CT molecular complexity index is 351. The highest BCUT2D eigenvalue weighted by Crippen LogP contribution is 2.21. The van der Waals surface area contributed by atoms with Crippen LogP contribution >= 0.6 is 11.6 Å². The van der Waals surface area contributed by atoms with Gasteiger partial charge < -0.3 is 0 Å². The SMILES string of the molecule is O=Cc1ccc(CC(F)(F)F)nc1Cl. The van der Waals surface area contributed by atoms with Crippen molar-refractivity contribution in [3.05, 3.63) is 28.5 Å². The fraction of sp³-hybridized carbons (Fsp3) is 0.250. The molecule has 0 saturated heterocycles. The third kappa shape index (κ3) is 2.99. The predicted octanol–water partition coefficient (Wildman–Crippen LogP) is 2.65. The maximum atomic E-state index is 11.9. The lowest BCUT2D eigenvalue weighted by Crippen LogP contribution is -2.12. The Hall–Kier alpha value is -1.10. The molecule has 0 amide bonds. The van der Waals surface area contributed by atoms with Gasteiger partial charge in [-0.25, -0.2) is 4.98 Å². The number of pyridine rings is 1. The molecule has 0 fully saturated rings. The third-order valence-corrected chi connectivity index (χ3v) is 1.75. The van der Waals surface area contributed by atoms with Gasteiger partial charge >= 0.3 is 6.18 Å². The molecule has 0 N–H and O–H groups in total. The molecule has 6 heteroatoms. The zero-order chi connectivity index (χ0) is 10.8. The van der Waals surface area contributed by atoms with Crippen LogP contribution in [0.5, 0.6) is 0 Å². The van der Waals surface area contributed by atoms with Crippen molar-refractivity contribution in [1.29, 1.82) is 0 Å². The van der Waals surface area contributed by atoms with Crippen LogP contribution in [0.1, 0.15) is 16.1 Å². The van der Waals surface area contributed by atoms with Crippen molar-refractivity contribution in [2.24, 2.45) is 0 Å². The smallest absolute Gasteiger partial charge is 0.298 e. The third-order valence-electron chi connectivity index (χ3n) is 1.44. The molecule has 0 radical (unpaired) electrons. The van der Waals surface area contributed by atoms with E-state index in [1.54, 1.807) is 0 Å². The zero-order valence-corrected chi connectivity index (χ0v) is 7.56. The number of carbonyl (C=O) groups is 1. The Balaban J connectivity index is 2.92. The molecule has 0 unspecified atom stereocenters. The van der Waals surface area contributed by atoms with Gasteiger partial charge in [0.15, 0.2) is 6.29 Å². The van der Waals surface area contributed by atoms with E-state index in [-0.39, 0.29) is 16.4 Å². The van der Waals surface area contributed by atoms with E-state index >= 15 is 0 Å². The second-order valence-corrected chi connectivity index (χ2v) is 2.95. The molecule has 0 aliphatic rings. The zero-order valence-electron chi connectivity index (χ0n) is 6.81. The fourth-order valence-electron chi connectivity index (χ4n) is 0.874. The summed E-state index contributed by atoms with van der Waals surface area (Å²) in [5, 5.41) is -0.207. The normalized spacial score (nSPS) is 11.4. The summed E-state index contributed by atoms with van der Waals surface area (Å²) < 4.78 is 35.7. The molecule has 1 heterocycles. The number of halogens is 4. The van der Waals surface area contributed by atoms with Crippen molar-refractivity contribution in [2.75, 3.05) is 0 Å². The van der Waals surface area contributed by atoms with E-state index in [0.717, 1.165) is 6.07 Å². The maximum Gasteiger partial charge on any atom is 0.394 e. The van der Waals surface area contributed by atoms with Gasteiger partial charge in [-0.1, -0.05) is 11.6 Å². The van der Waals surface area contributed by atoms with Gasteiger partial charge in [-0.05, 0) is 12.1 Å². The van der Waals surface area contributed by atoms with E-state index in [0.29, 0.717) is 6.29 Å². The Morgan fingerprint density at radius 1 is 1.43 bits per heavy atom. The minimum absolute atomic E-state index is 0.0811. The van der Waals surface area contributed by atoms with E-state index in [9.17, 15) is 18.0 Å². The van der Waals surface area contributed by atoms with E-state index in [4.69, 9.17) is 11.6 Å². The number of rotatable bonds is 2. The lowest BCUT2D eigenvalue weighted by molar-refractivity contribution is -0.127. The molecule has 0 aromatic carbocycles. The van der Waals surface area contributed by atoms with Gasteiger partial charge in [0.05, 0.1) is 17.7 Å². The lowest BCUT2D eigenvalue weighted by atomic mass is 10.2. The average Bonchev–Trinajstić information content (AvgIpc) is 2.01. The quantitative estimate of drug-likeness (QED) is 0.570. The Morgan fingerprint density at radius 3 is 2.50 bits per heavy atom. The summed E-state index contributed by atoms with van der Waals surface area (Å²) in [5.74, 6) is 0. The molecule has 76 valence electrons. The monoisotopic (exact) mass is 223 g/mol. The molecular weight excluding hydrogens is 219 g/mol. The number of hydrogen-bond donors (Lipinski definition) is 0. The first-order valence-electron chi connectivity index (χ1n) is 3.60. The fourth-order valence-corrected chi connectivity index (χ4v) is 1.09. The summed E-state index contributed by atoms with van der Waals surface area (Å²) in [6.45, 7) is 0. The van der Waals surface area contributed by atoms with Crippen LogP contribution in [-0.2, 0) is 6.42 Å². The molecule has 0 atom stereocenters. The topological polar surface area (TPSA) is 30.0 Å². The summed E-state index contributed by atoms with van der Waals surface area (Å²) in [5.41, 5.74) is -0.120. The highest BCUT2D eigenvalue weighted by atomic mass is 35.5. The molecule has 14 heavy (non-hydrogen) atoms. The summed E-state index contributed by atoms with van der Waals surface area (Å²) in [7, 11) is 0. The standard InChI is InChI=1S/C8H5ClF3NO/c9-7-5(4-14)1-2-6(13-7)3-8(10,11)12/h1-2,4H,3H2. The number of alkyl halides is 3. The molecule has 1 aromatic rings. The molecule has 1 aromatic heterocycles. The van der Waals surface area contributed by atoms with Crippen LogP contribution in [0.15, 0.2) is 12.1 Å². The maximum absolute atomic E-state index is 11.9. The van der Waals surface area contributed by atoms with Crippen LogP contribution in [0.25, 0.3) is 0 Å². The Kier molecular flexibility index (Phi) is 3.10. The van der Waals surface area contributed by atoms with E-state index in [1.807, 2.05) is 0 Å². The van der Waals surface area contributed by atoms with Crippen molar-refractivity contribution in [3.63, 3.8) is 0 Å². The highest BCUT2D eigenvalue weighted by Gasteiger charge is 2.28. The molecule has 2 nitrogen and oxygen atoms in total. The van der Waals surface area contributed by atoms with Crippen molar-refractivity contribution in [2.45, 2.75) is 12.6 Å². The second kappa shape index (κ2) is 3.96. The average molecular weight is 224 g/mol. The number of hydrogen-bond acceptors (Lipinski definition) is 2. The Labute approximate surface area is 82.7 Å². The molecule has 0 bridgehead atoms. The van der Waals surface area contributed by atoms with Gasteiger partial charge in [0.2, 0.25) is 0 Å². The number of aromatic nitrogens is 1. The van der Waals surface area contributed by atoms with Gasteiger partial charge in [0.25, 0.3) is 0 Å². The predicted molar refractivity (Wildman–Crippen MR) is 44.4 cm³/mol. The number of carbonyl (C=O) groups excluding carboxylic acids is 1. The summed E-state index contributed by atoms with van der Waals surface area (Å²) >= 11 is 5.45. The van der Waals surface area contributed by atoms with Gasteiger partial charge in [-0.2, -0.15) is 13.2 Å². The first kappa shape index (κ1) is 11.0. The van der Waals surface area contributed by atoms with Crippen LogP contribution in [0.2, 0.25) is 5.15 Å². The number of aldehydes is 1. The van der Waals surface area contributed by atoms with Crippen molar-refractivity contribution >= 4 is 17.9 Å². The summed E-state index contributed by atoms with van der Waals surface area (Å²) in [6, 6.07) is 2.34. The van der Waals surface area contributed by atoms with Gasteiger partial charge in [0.1, 0.15) is 5.15 Å². The van der Waals surface area contributed by atoms with Gasteiger partial charge in [0, 0.05) is 0 Å². The molecule has 0 saturated carbocycles. The van der Waals surface area contributed by atoms with Crippen LogP contribution in [-0.4, -0.2) is 17.4 Å². The molecule has 0 aliphatic carbocycles. The largest absolute Gasteiger partial charge is 0.394 e. The molecule has 1 rings (SSSR count). The van der Waals surface area contributed by atoms with E-state index in [2.05, 4.69) is 4.98 Å². The molecule has 0 aliphatic heterocycles. The highest BCUT2D eigenvalue weighted by molar-refractivity contribution is 6.31. The Morgan fingerprint density at radius 2 is 2.07 bits per heavy atom. The lowest BCUT2D eigenvalue weighted by Gasteiger charge is -2.05. The first-order valence-corrected chi connectivity index (χ1v) is 3.97. The summed E-state index contributed by atoms with van der Waals surface area (Å²) in [4.78, 5) is 13.7. The van der Waals surface area contributed by atoms with Crippen LogP contribution in [0, 0.1) is 0 Å². The molecule has 0 spiro atoms. The van der Waals surface area contributed by atoms with Crippen molar-refractivity contribution < 1.29 is 18.0 Å². The second-order valence-electron chi connectivity index (χ2n) is 2.59. The van der Waals surface area contributed by atoms with Crippen LogP contribution in [0.3, 0.4) is 0 Å². The minimum Gasteiger partial charge on any atom is -0.298 e. The van der Waals surface area contributed by atoms with Crippen LogP contribution < -0.4 is 0 Å². The summed E-state index contributed by atoms with van der Waals surface area (Å²) in [6.07, 6.45) is -5.03. The first-order chi connectivity index (χ1) is 6.42. The van der Waals surface area contributed by atoms with Gasteiger partial charge in [-0.3, -0.25) is 4.79 Å².